The minimum absolute atomic E-state index is 0.0588. The highest BCUT2D eigenvalue weighted by molar-refractivity contribution is 9.10. The highest BCUT2D eigenvalue weighted by Crippen LogP contribution is 2.18. The monoisotopic (exact) mass is 439 g/mol. The summed E-state index contributed by atoms with van der Waals surface area (Å²) >= 11 is 4.99. The van der Waals surface area contributed by atoms with E-state index in [0.717, 1.165) is 30.7 Å². The lowest BCUT2D eigenvalue weighted by Crippen LogP contribution is -2.49. The van der Waals surface area contributed by atoms with E-state index in [1.54, 1.807) is 11.3 Å². The van der Waals surface area contributed by atoms with E-state index < -0.39 is 0 Å². The van der Waals surface area contributed by atoms with Crippen molar-refractivity contribution in [1.29, 1.82) is 0 Å². The molecular formula is C19H23BrFN3OS. The highest BCUT2D eigenvalue weighted by atomic mass is 79.9. The molecule has 26 heavy (non-hydrogen) atoms. The zero-order chi connectivity index (χ0) is 18.5. The number of halogens is 2. The molecule has 4 nitrogen and oxygen atoms in total. The lowest BCUT2D eigenvalue weighted by molar-refractivity contribution is -0.122. The van der Waals surface area contributed by atoms with E-state index in [1.165, 1.54) is 15.8 Å². The molecule has 0 radical (unpaired) electrons. The topological polar surface area (TPSA) is 35.6 Å². The van der Waals surface area contributed by atoms with Crippen LogP contribution in [-0.4, -0.2) is 48.4 Å². The van der Waals surface area contributed by atoms with Gasteiger partial charge in [-0.15, -0.1) is 11.3 Å². The first-order chi connectivity index (χ1) is 12.5. The molecule has 0 aliphatic carbocycles. The number of rotatable bonds is 6. The minimum atomic E-state index is -0.176. The molecule has 140 valence electrons. The number of carbonyl (C=O) groups is 1. The van der Waals surface area contributed by atoms with Crippen molar-refractivity contribution in [2.45, 2.75) is 20.0 Å². The van der Waals surface area contributed by atoms with E-state index in [4.69, 9.17) is 0 Å². The molecule has 0 bridgehead atoms. The number of piperazine rings is 1. The molecule has 1 amide bonds. The number of hydrogen-bond acceptors (Lipinski definition) is 4. The molecule has 1 aliphatic rings. The van der Waals surface area contributed by atoms with Gasteiger partial charge in [0.15, 0.2) is 0 Å². The Kier molecular flexibility index (Phi) is 6.80. The fraction of sp³-hybridized carbons (Fsp3) is 0.421. The SMILES string of the molecule is Cc1ccc(CNC(=O)CN2CCN(Cc3ccc(Br)cc3F)CC2)s1. The van der Waals surface area contributed by atoms with Gasteiger partial charge in [0.25, 0.3) is 0 Å². The molecule has 2 heterocycles. The Morgan fingerprint density at radius 2 is 1.92 bits per heavy atom. The van der Waals surface area contributed by atoms with Gasteiger partial charge >= 0.3 is 0 Å². The molecule has 1 aliphatic heterocycles. The maximum Gasteiger partial charge on any atom is 0.234 e. The van der Waals surface area contributed by atoms with E-state index in [1.807, 2.05) is 12.1 Å². The minimum Gasteiger partial charge on any atom is -0.350 e. The van der Waals surface area contributed by atoms with Crippen molar-refractivity contribution in [1.82, 2.24) is 15.1 Å². The van der Waals surface area contributed by atoms with Crippen LogP contribution in [0.2, 0.25) is 0 Å². The summed E-state index contributed by atoms with van der Waals surface area (Å²) < 4.78 is 14.7. The number of carbonyl (C=O) groups excluding carboxylic acids is 1. The molecule has 1 fully saturated rings. The van der Waals surface area contributed by atoms with Gasteiger partial charge in [0, 0.05) is 52.5 Å². The predicted molar refractivity (Wildman–Crippen MR) is 107 cm³/mol. The number of nitrogens with zero attached hydrogens (tertiary/aromatic N) is 2. The Balaban J connectivity index is 1.39. The van der Waals surface area contributed by atoms with Gasteiger partial charge in [0.05, 0.1) is 13.1 Å². The van der Waals surface area contributed by atoms with E-state index in [0.29, 0.717) is 25.2 Å². The van der Waals surface area contributed by atoms with Crippen molar-refractivity contribution in [3.8, 4) is 0 Å². The van der Waals surface area contributed by atoms with Crippen LogP contribution in [0.5, 0.6) is 0 Å². The van der Waals surface area contributed by atoms with Crippen LogP contribution in [0.1, 0.15) is 15.3 Å². The molecule has 0 spiro atoms. The van der Waals surface area contributed by atoms with Crippen LogP contribution in [0.3, 0.4) is 0 Å². The lowest BCUT2D eigenvalue weighted by atomic mass is 10.2. The number of benzene rings is 1. The van der Waals surface area contributed by atoms with Crippen LogP contribution in [0, 0.1) is 12.7 Å². The summed E-state index contributed by atoms with van der Waals surface area (Å²) in [6.07, 6.45) is 0. The van der Waals surface area contributed by atoms with Crippen LogP contribution >= 0.6 is 27.3 Å². The third kappa shape index (κ3) is 5.61. The second-order valence-corrected chi connectivity index (χ2v) is 8.87. The summed E-state index contributed by atoms with van der Waals surface area (Å²) in [6, 6.07) is 9.32. The van der Waals surface area contributed by atoms with Crippen molar-refractivity contribution in [2.75, 3.05) is 32.7 Å². The van der Waals surface area contributed by atoms with Crippen molar-refractivity contribution >= 4 is 33.2 Å². The highest BCUT2D eigenvalue weighted by Gasteiger charge is 2.20. The normalized spacial score (nSPS) is 16.0. The first-order valence-corrected chi connectivity index (χ1v) is 10.3. The standard InChI is InChI=1S/C19H23BrFN3OS/c1-14-2-5-17(26-14)11-22-19(25)13-24-8-6-23(7-9-24)12-15-3-4-16(20)10-18(15)21/h2-5,10H,6-9,11-13H2,1H3,(H,22,25). The molecule has 1 aromatic carbocycles. The van der Waals surface area contributed by atoms with Crippen molar-refractivity contribution in [2.24, 2.45) is 0 Å². The van der Waals surface area contributed by atoms with Crippen molar-refractivity contribution in [3.05, 3.63) is 55.9 Å². The summed E-state index contributed by atoms with van der Waals surface area (Å²) in [7, 11) is 0. The average Bonchev–Trinajstić information content (AvgIpc) is 3.03. The van der Waals surface area contributed by atoms with Crippen molar-refractivity contribution in [3.63, 3.8) is 0 Å². The summed E-state index contributed by atoms with van der Waals surface area (Å²) in [4.78, 5) is 18.9. The maximum absolute atomic E-state index is 14.0. The van der Waals surface area contributed by atoms with Gasteiger partial charge in [-0.25, -0.2) is 4.39 Å². The summed E-state index contributed by atoms with van der Waals surface area (Å²) in [5.41, 5.74) is 0.714. The van der Waals surface area contributed by atoms with Crippen LogP contribution in [0.4, 0.5) is 4.39 Å². The third-order valence-corrected chi connectivity index (χ3v) is 5.99. The fourth-order valence-electron chi connectivity index (χ4n) is 3.02. The second kappa shape index (κ2) is 9.08. The number of aryl methyl sites for hydroxylation is 1. The van der Waals surface area contributed by atoms with Crippen LogP contribution in [0.25, 0.3) is 0 Å². The summed E-state index contributed by atoms with van der Waals surface area (Å²) in [5, 5.41) is 2.99. The molecule has 0 saturated carbocycles. The predicted octanol–water partition coefficient (Wildman–Crippen LogP) is 3.39. The van der Waals surface area contributed by atoms with E-state index in [-0.39, 0.29) is 11.7 Å². The van der Waals surface area contributed by atoms with Gasteiger partial charge in [0.1, 0.15) is 5.82 Å². The first kappa shape index (κ1) is 19.5. The number of nitrogens with one attached hydrogen (secondary N) is 1. The quantitative estimate of drug-likeness (QED) is 0.748. The summed E-state index contributed by atoms with van der Waals surface area (Å²) in [6.45, 7) is 7.02. The largest absolute Gasteiger partial charge is 0.350 e. The van der Waals surface area contributed by atoms with Crippen molar-refractivity contribution < 1.29 is 9.18 Å². The van der Waals surface area contributed by atoms with E-state index in [2.05, 4.69) is 50.1 Å². The van der Waals surface area contributed by atoms with Gasteiger partial charge in [-0.2, -0.15) is 0 Å². The molecule has 1 aromatic heterocycles. The number of amides is 1. The Morgan fingerprint density at radius 1 is 1.19 bits per heavy atom. The fourth-order valence-corrected chi connectivity index (χ4v) is 4.18. The van der Waals surface area contributed by atoms with Crippen LogP contribution in [-0.2, 0) is 17.9 Å². The molecular weight excluding hydrogens is 417 g/mol. The lowest BCUT2D eigenvalue weighted by Gasteiger charge is -2.34. The molecule has 2 aromatic rings. The average molecular weight is 440 g/mol. The van der Waals surface area contributed by atoms with Crippen LogP contribution in [0.15, 0.2) is 34.8 Å². The van der Waals surface area contributed by atoms with Gasteiger partial charge in [-0.3, -0.25) is 14.6 Å². The zero-order valence-electron chi connectivity index (χ0n) is 14.8. The Bertz CT molecular complexity index is 759. The Hall–Kier alpha value is -1.28. The Morgan fingerprint density at radius 3 is 2.58 bits per heavy atom. The van der Waals surface area contributed by atoms with Gasteiger partial charge in [-0.1, -0.05) is 22.0 Å². The van der Waals surface area contributed by atoms with Crippen LogP contribution < -0.4 is 5.32 Å². The maximum atomic E-state index is 14.0. The zero-order valence-corrected chi connectivity index (χ0v) is 17.2. The third-order valence-electron chi connectivity index (χ3n) is 4.50. The van der Waals surface area contributed by atoms with E-state index in [9.17, 15) is 9.18 Å². The number of hydrogen-bond donors (Lipinski definition) is 1. The van der Waals surface area contributed by atoms with Gasteiger partial charge in [0.2, 0.25) is 5.91 Å². The van der Waals surface area contributed by atoms with Gasteiger partial charge in [-0.05, 0) is 31.2 Å². The molecule has 0 atom stereocenters. The molecule has 7 heteroatoms. The van der Waals surface area contributed by atoms with Gasteiger partial charge < -0.3 is 5.32 Å². The Labute approximate surface area is 166 Å². The molecule has 1 saturated heterocycles. The molecule has 3 rings (SSSR count). The van der Waals surface area contributed by atoms with E-state index >= 15 is 0 Å². The summed E-state index contributed by atoms with van der Waals surface area (Å²) in [5.74, 6) is -0.117. The number of thiophene rings is 1. The molecule has 1 N–H and O–H groups in total. The first-order valence-electron chi connectivity index (χ1n) is 8.70. The second-order valence-electron chi connectivity index (χ2n) is 6.58. The smallest absolute Gasteiger partial charge is 0.234 e. The molecule has 0 unspecified atom stereocenters.